The zero-order chi connectivity index (χ0) is 29.4. The highest BCUT2D eigenvalue weighted by molar-refractivity contribution is 5.91. The Bertz CT molecular complexity index is 1350. The van der Waals surface area contributed by atoms with Crippen LogP contribution in [0.15, 0.2) is 78.9 Å². The average molecular weight is 561 g/mol. The zero-order valence-electron chi connectivity index (χ0n) is 22.7. The van der Waals surface area contributed by atoms with E-state index in [9.17, 15) is 24.3 Å². The Kier molecular flexibility index (Phi) is 9.70. The molecule has 3 N–H and O–H groups in total. The van der Waals surface area contributed by atoms with Crippen LogP contribution in [0.3, 0.4) is 0 Å². The summed E-state index contributed by atoms with van der Waals surface area (Å²) in [4.78, 5) is 49.6. The van der Waals surface area contributed by atoms with E-state index in [1.54, 1.807) is 6.92 Å². The van der Waals surface area contributed by atoms with E-state index in [-0.39, 0.29) is 19.1 Å². The Hall–Kier alpha value is -4.70. The molecule has 3 aromatic carbocycles. The normalized spacial score (nSPS) is 14.1. The number of ether oxygens (including phenoxy) is 3. The first-order valence-electron chi connectivity index (χ1n) is 13.2. The van der Waals surface area contributed by atoms with Crippen molar-refractivity contribution in [1.82, 2.24) is 10.6 Å². The molecule has 41 heavy (non-hydrogen) atoms. The molecule has 0 heterocycles. The molecule has 10 heteroatoms. The zero-order valence-corrected chi connectivity index (χ0v) is 22.7. The lowest BCUT2D eigenvalue weighted by atomic mass is 9.98. The van der Waals surface area contributed by atoms with E-state index in [1.165, 1.54) is 0 Å². The fourth-order valence-corrected chi connectivity index (χ4v) is 4.77. The third kappa shape index (κ3) is 7.29. The summed E-state index contributed by atoms with van der Waals surface area (Å²) in [5.74, 6) is -3.28. The summed E-state index contributed by atoms with van der Waals surface area (Å²) in [6, 6.07) is 22.1. The van der Waals surface area contributed by atoms with Crippen molar-refractivity contribution in [1.29, 1.82) is 0 Å². The van der Waals surface area contributed by atoms with Crippen LogP contribution in [0.4, 0.5) is 4.79 Å². The standard InChI is InChI=1S/C31H32N2O8/c1-19(40-17-20-10-4-3-5-11-20)28(29(35)32-26(30(36)37)16-27(34)39-2)33-31(38)41-18-25-23-14-8-6-12-21(23)22-13-7-9-15-24(22)25/h3-15,19,25-26,28H,16-18H2,1-2H3,(H,32,35)(H,33,38)(H,36,37)/t19?,26-,28?/m1/s1. The third-order valence-electron chi connectivity index (χ3n) is 6.94. The summed E-state index contributed by atoms with van der Waals surface area (Å²) < 4.78 is 16.0. The molecular formula is C31H32N2O8. The number of benzene rings is 3. The molecule has 0 saturated heterocycles. The summed E-state index contributed by atoms with van der Waals surface area (Å²) in [6.45, 7) is 1.74. The molecular weight excluding hydrogens is 528 g/mol. The van der Waals surface area contributed by atoms with E-state index < -0.39 is 48.5 Å². The van der Waals surface area contributed by atoms with Gasteiger partial charge in [-0.1, -0.05) is 78.9 Å². The number of rotatable bonds is 12. The second kappa shape index (κ2) is 13.6. The first kappa shape index (κ1) is 29.3. The summed E-state index contributed by atoms with van der Waals surface area (Å²) in [6.07, 6.45) is -2.35. The largest absolute Gasteiger partial charge is 0.480 e. The first-order chi connectivity index (χ1) is 19.8. The van der Waals surface area contributed by atoms with Gasteiger partial charge in [-0.3, -0.25) is 9.59 Å². The second-order valence-electron chi connectivity index (χ2n) is 9.63. The number of nitrogens with one attached hydrogen (secondary N) is 2. The van der Waals surface area contributed by atoms with Crippen molar-refractivity contribution in [3.8, 4) is 11.1 Å². The molecule has 214 valence electrons. The van der Waals surface area contributed by atoms with Gasteiger partial charge in [-0.05, 0) is 34.7 Å². The lowest BCUT2D eigenvalue weighted by Crippen LogP contribution is -2.56. The van der Waals surface area contributed by atoms with Gasteiger partial charge in [-0.25, -0.2) is 9.59 Å². The van der Waals surface area contributed by atoms with Crippen LogP contribution in [0.5, 0.6) is 0 Å². The summed E-state index contributed by atoms with van der Waals surface area (Å²) in [5.41, 5.74) is 5.05. The molecule has 0 spiro atoms. The molecule has 1 aliphatic rings. The predicted octanol–water partition coefficient (Wildman–Crippen LogP) is 3.63. The molecule has 2 amide bonds. The third-order valence-corrected chi connectivity index (χ3v) is 6.94. The summed E-state index contributed by atoms with van der Waals surface area (Å²) in [7, 11) is 1.12. The van der Waals surface area contributed by atoms with E-state index >= 15 is 0 Å². The topological polar surface area (TPSA) is 140 Å². The van der Waals surface area contributed by atoms with Gasteiger partial charge in [0.25, 0.3) is 0 Å². The Morgan fingerprint density at radius 2 is 1.44 bits per heavy atom. The monoisotopic (exact) mass is 560 g/mol. The predicted molar refractivity (Wildman–Crippen MR) is 149 cm³/mol. The number of carbonyl (C=O) groups is 4. The van der Waals surface area contributed by atoms with Crippen LogP contribution >= 0.6 is 0 Å². The van der Waals surface area contributed by atoms with Crippen molar-refractivity contribution in [2.45, 2.75) is 44.1 Å². The van der Waals surface area contributed by atoms with Crippen LogP contribution in [-0.2, 0) is 35.2 Å². The van der Waals surface area contributed by atoms with Crippen LogP contribution in [0.1, 0.15) is 36.0 Å². The minimum atomic E-state index is -1.57. The number of hydrogen-bond acceptors (Lipinski definition) is 7. The van der Waals surface area contributed by atoms with Crippen molar-refractivity contribution in [3.05, 3.63) is 95.6 Å². The molecule has 4 rings (SSSR count). The van der Waals surface area contributed by atoms with Crippen molar-refractivity contribution < 1.29 is 38.5 Å². The van der Waals surface area contributed by atoms with Crippen molar-refractivity contribution in [3.63, 3.8) is 0 Å². The number of hydrogen-bond donors (Lipinski definition) is 3. The van der Waals surface area contributed by atoms with E-state index in [1.807, 2.05) is 78.9 Å². The van der Waals surface area contributed by atoms with Crippen LogP contribution < -0.4 is 10.6 Å². The van der Waals surface area contributed by atoms with Gasteiger partial charge in [0.05, 0.1) is 26.2 Å². The highest BCUT2D eigenvalue weighted by Gasteiger charge is 2.34. The highest BCUT2D eigenvalue weighted by atomic mass is 16.6. The molecule has 3 aromatic rings. The number of esters is 1. The quantitative estimate of drug-likeness (QED) is 0.285. The maximum absolute atomic E-state index is 13.2. The van der Waals surface area contributed by atoms with Gasteiger partial charge in [-0.2, -0.15) is 0 Å². The van der Waals surface area contributed by atoms with Gasteiger partial charge in [0.15, 0.2) is 0 Å². The average Bonchev–Trinajstić information content (AvgIpc) is 3.31. The smallest absolute Gasteiger partial charge is 0.407 e. The van der Waals surface area contributed by atoms with Gasteiger partial charge in [-0.15, -0.1) is 0 Å². The highest BCUT2D eigenvalue weighted by Crippen LogP contribution is 2.44. The van der Waals surface area contributed by atoms with Gasteiger partial charge in [0.1, 0.15) is 18.7 Å². The number of amides is 2. The second-order valence-corrected chi connectivity index (χ2v) is 9.63. The number of alkyl carbamates (subject to hydrolysis) is 1. The minimum absolute atomic E-state index is 0.0214. The molecule has 0 saturated carbocycles. The molecule has 10 nitrogen and oxygen atoms in total. The van der Waals surface area contributed by atoms with Crippen molar-refractivity contribution in [2.24, 2.45) is 0 Å². The van der Waals surface area contributed by atoms with E-state index in [2.05, 4.69) is 15.4 Å². The van der Waals surface area contributed by atoms with Gasteiger partial charge in [0, 0.05) is 5.92 Å². The van der Waals surface area contributed by atoms with Crippen LogP contribution in [0.2, 0.25) is 0 Å². The lowest BCUT2D eigenvalue weighted by molar-refractivity contribution is -0.149. The molecule has 0 aliphatic heterocycles. The molecule has 0 bridgehead atoms. The van der Waals surface area contributed by atoms with E-state index in [4.69, 9.17) is 9.47 Å². The van der Waals surface area contributed by atoms with Crippen LogP contribution in [0.25, 0.3) is 11.1 Å². The number of carbonyl (C=O) groups excluding carboxylic acids is 3. The maximum atomic E-state index is 13.2. The Morgan fingerprint density at radius 3 is 2.02 bits per heavy atom. The molecule has 2 unspecified atom stereocenters. The Labute approximate surface area is 237 Å². The maximum Gasteiger partial charge on any atom is 0.407 e. The first-order valence-corrected chi connectivity index (χ1v) is 13.2. The SMILES string of the molecule is COC(=O)C[C@@H](NC(=O)C(NC(=O)OCC1c2ccccc2-c2ccccc21)C(C)OCc1ccccc1)C(=O)O. The molecule has 0 fully saturated rings. The van der Waals surface area contributed by atoms with Gasteiger partial charge < -0.3 is 30.0 Å². The van der Waals surface area contributed by atoms with E-state index in [0.717, 1.165) is 34.9 Å². The fourth-order valence-electron chi connectivity index (χ4n) is 4.77. The summed E-state index contributed by atoms with van der Waals surface area (Å²) in [5, 5.41) is 14.3. The molecule has 1 aliphatic carbocycles. The minimum Gasteiger partial charge on any atom is -0.480 e. The lowest BCUT2D eigenvalue weighted by Gasteiger charge is -2.26. The molecule has 0 aromatic heterocycles. The number of fused-ring (bicyclic) bond motifs is 3. The van der Waals surface area contributed by atoms with E-state index in [0.29, 0.717) is 0 Å². The number of carboxylic acid groups (broad SMARTS) is 1. The van der Waals surface area contributed by atoms with Crippen LogP contribution in [0, 0.1) is 0 Å². The number of methoxy groups -OCH3 is 1. The summed E-state index contributed by atoms with van der Waals surface area (Å²) >= 11 is 0. The Morgan fingerprint density at radius 1 is 0.854 bits per heavy atom. The van der Waals surface area contributed by atoms with Crippen LogP contribution in [-0.4, -0.2) is 60.9 Å². The fraction of sp³-hybridized carbons (Fsp3) is 0.290. The van der Waals surface area contributed by atoms with Crippen molar-refractivity contribution in [2.75, 3.05) is 13.7 Å². The molecule has 0 radical (unpaired) electrons. The van der Waals surface area contributed by atoms with Crippen molar-refractivity contribution >= 4 is 23.9 Å². The van der Waals surface area contributed by atoms with Gasteiger partial charge in [0.2, 0.25) is 5.91 Å². The molecule has 3 atom stereocenters. The number of aliphatic carboxylic acids is 1. The number of carboxylic acids is 1. The van der Waals surface area contributed by atoms with Gasteiger partial charge >= 0.3 is 18.0 Å². The Balaban J connectivity index is 1.46.